The molecule has 1 saturated carbocycles. The molecule has 0 unspecified atom stereocenters. The Morgan fingerprint density at radius 3 is 2.67 bits per heavy atom. The summed E-state index contributed by atoms with van der Waals surface area (Å²) in [6, 6.07) is 0. The Labute approximate surface area is 79.1 Å². The van der Waals surface area contributed by atoms with Crippen molar-refractivity contribution in [2.24, 2.45) is 0 Å². The summed E-state index contributed by atoms with van der Waals surface area (Å²) in [6.45, 7) is 2.38. The zero-order valence-corrected chi connectivity index (χ0v) is 8.62. The van der Waals surface area contributed by atoms with Gasteiger partial charge in [-0.3, -0.25) is 0 Å². The predicted molar refractivity (Wildman–Crippen MR) is 54.7 cm³/mol. The van der Waals surface area contributed by atoms with Crippen LogP contribution in [0.25, 0.3) is 0 Å². The monoisotopic (exact) mass is 189 g/mol. The van der Waals surface area contributed by atoms with Crippen molar-refractivity contribution >= 4 is 11.8 Å². The molecule has 0 heterocycles. The molecule has 0 aromatic heterocycles. The van der Waals surface area contributed by atoms with Gasteiger partial charge >= 0.3 is 0 Å². The van der Waals surface area contributed by atoms with Crippen LogP contribution in [-0.4, -0.2) is 35.8 Å². The zero-order valence-electron chi connectivity index (χ0n) is 7.81. The Hall–Kier alpha value is 0.270. The Bertz CT molecular complexity index is 120. The first kappa shape index (κ1) is 10.4. The number of hydrogen-bond donors (Lipinski definition) is 2. The average Bonchev–Trinajstić information content (AvgIpc) is 2.02. The van der Waals surface area contributed by atoms with E-state index < -0.39 is 0 Å². The van der Waals surface area contributed by atoms with E-state index >= 15 is 0 Å². The molecule has 1 aliphatic carbocycles. The number of hydrogen-bond acceptors (Lipinski definition) is 3. The molecule has 0 amide bonds. The lowest BCUT2D eigenvalue weighted by atomic mass is 9.84. The van der Waals surface area contributed by atoms with Gasteiger partial charge in [-0.2, -0.15) is 11.8 Å². The minimum Gasteiger partial charge on any atom is -0.396 e. The molecule has 12 heavy (non-hydrogen) atoms. The number of nitrogens with one attached hydrogen (secondary N) is 1. The number of aliphatic hydroxyl groups is 1. The van der Waals surface area contributed by atoms with Crippen molar-refractivity contribution in [3.05, 3.63) is 0 Å². The summed E-state index contributed by atoms with van der Waals surface area (Å²) in [5, 5.41) is 12.0. The van der Waals surface area contributed by atoms with Crippen molar-refractivity contribution in [1.82, 2.24) is 5.32 Å². The van der Waals surface area contributed by atoms with Gasteiger partial charge in [0.2, 0.25) is 0 Å². The van der Waals surface area contributed by atoms with Crippen LogP contribution in [0, 0.1) is 0 Å². The van der Waals surface area contributed by atoms with E-state index in [2.05, 4.69) is 11.6 Å². The van der Waals surface area contributed by atoms with Crippen LogP contribution in [0.2, 0.25) is 0 Å². The fraction of sp³-hybridized carbons (Fsp3) is 1.00. The van der Waals surface area contributed by atoms with Gasteiger partial charge in [-0.05, 0) is 32.1 Å². The molecular weight excluding hydrogens is 170 g/mol. The van der Waals surface area contributed by atoms with Gasteiger partial charge in [-0.25, -0.2) is 0 Å². The van der Waals surface area contributed by atoms with E-state index in [0.29, 0.717) is 11.4 Å². The highest BCUT2D eigenvalue weighted by Crippen LogP contribution is 2.41. The maximum absolute atomic E-state index is 8.58. The van der Waals surface area contributed by atoms with Crippen LogP contribution in [-0.2, 0) is 0 Å². The number of aliphatic hydroxyl groups excluding tert-OH is 1. The van der Waals surface area contributed by atoms with Crippen molar-refractivity contribution in [1.29, 1.82) is 0 Å². The molecule has 1 rings (SSSR count). The van der Waals surface area contributed by atoms with Crippen molar-refractivity contribution in [3.8, 4) is 0 Å². The Balaban J connectivity index is 2.04. The van der Waals surface area contributed by atoms with Gasteiger partial charge in [0, 0.05) is 17.9 Å². The summed E-state index contributed by atoms with van der Waals surface area (Å²) < 4.78 is 0.537. The van der Waals surface area contributed by atoms with E-state index in [-0.39, 0.29) is 0 Å². The number of rotatable bonds is 6. The van der Waals surface area contributed by atoms with E-state index in [1.165, 1.54) is 19.3 Å². The molecule has 0 aromatic carbocycles. The largest absolute Gasteiger partial charge is 0.396 e. The first-order valence-electron chi connectivity index (χ1n) is 4.70. The minimum absolute atomic E-state index is 0.305. The van der Waals surface area contributed by atoms with Gasteiger partial charge in [0.05, 0.1) is 0 Å². The highest BCUT2D eigenvalue weighted by Gasteiger charge is 2.35. The van der Waals surface area contributed by atoms with Crippen LogP contribution in [0.5, 0.6) is 0 Å². The molecule has 1 fully saturated rings. The predicted octanol–water partition coefficient (Wildman–Crippen LogP) is 1.24. The third-order valence-electron chi connectivity index (χ3n) is 2.66. The van der Waals surface area contributed by atoms with Crippen molar-refractivity contribution < 1.29 is 5.11 Å². The van der Waals surface area contributed by atoms with E-state index in [9.17, 15) is 0 Å². The lowest BCUT2D eigenvalue weighted by Gasteiger charge is -2.40. The summed E-state index contributed by atoms with van der Waals surface area (Å²) in [5.41, 5.74) is 0. The lowest BCUT2D eigenvalue weighted by molar-refractivity contribution is 0.280. The summed E-state index contributed by atoms with van der Waals surface area (Å²) >= 11 is 1.99. The molecular formula is C9H19NOS. The van der Waals surface area contributed by atoms with E-state index in [1.807, 2.05) is 11.8 Å². The lowest BCUT2D eigenvalue weighted by Crippen LogP contribution is -2.43. The van der Waals surface area contributed by atoms with Crippen LogP contribution < -0.4 is 5.32 Å². The molecule has 3 heteroatoms. The average molecular weight is 189 g/mol. The van der Waals surface area contributed by atoms with Gasteiger partial charge in [0.25, 0.3) is 0 Å². The van der Waals surface area contributed by atoms with Gasteiger partial charge in [0.1, 0.15) is 0 Å². The SMILES string of the molecule is CSC1(CNCCCO)CCC1. The van der Waals surface area contributed by atoms with Crippen molar-refractivity contribution in [2.75, 3.05) is 26.0 Å². The van der Waals surface area contributed by atoms with Crippen molar-refractivity contribution in [3.63, 3.8) is 0 Å². The highest BCUT2D eigenvalue weighted by atomic mass is 32.2. The molecule has 0 radical (unpaired) electrons. The molecule has 2 nitrogen and oxygen atoms in total. The quantitative estimate of drug-likeness (QED) is 0.617. The summed E-state index contributed by atoms with van der Waals surface area (Å²) in [4.78, 5) is 0. The maximum Gasteiger partial charge on any atom is 0.0443 e. The summed E-state index contributed by atoms with van der Waals surface area (Å²) in [6.07, 6.45) is 7.19. The van der Waals surface area contributed by atoms with Crippen LogP contribution in [0.3, 0.4) is 0 Å². The second-order valence-corrected chi connectivity index (χ2v) is 4.77. The van der Waals surface area contributed by atoms with Crippen LogP contribution in [0.1, 0.15) is 25.7 Å². The summed E-state index contributed by atoms with van der Waals surface area (Å²) in [7, 11) is 0. The third kappa shape index (κ3) is 2.64. The molecule has 0 aliphatic heterocycles. The van der Waals surface area contributed by atoms with Gasteiger partial charge < -0.3 is 10.4 Å². The second kappa shape index (κ2) is 5.10. The maximum atomic E-state index is 8.58. The van der Waals surface area contributed by atoms with Gasteiger partial charge in [-0.1, -0.05) is 6.42 Å². The third-order valence-corrected chi connectivity index (χ3v) is 4.08. The van der Waals surface area contributed by atoms with E-state index in [4.69, 9.17) is 5.11 Å². The first-order valence-corrected chi connectivity index (χ1v) is 5.92. The molecule has 2 N–H and O–H groups in total. The van der Waals surface area contributed by atoms with E-state index in [1.54, 1.807) is 0 Å². The molecule has 0 atom stereocenters. The Morgan fingerprint density at radius 1 is 1.50 bits per heavy atom. The fourth-order valence-electron chi connectivity index (χ4n) is 1.54. The smallest absolute Gasteiger partial charge is 0.0443 e. The first-order chi connectivity index (χ1) is 5.83. The van der Waals surface area contributed by atoms with Gasteiger partial charge in [0.15, 0.2) is 0 Å². The van der Waals surface area contributed by atoms with Gasteiger partial charge in [-0.15, -0.1) is 0 Å². The summed E-state index contributed by atoms with van der Waals surface area (Å²) in [5.74, 6) is 0. The standard InChI is InChI=1S/C9H19NOS/c1-12-9(4-2-5-9)8-10-6-3-7-11/h10-11H,2-8H2,1H3. The normalized spacial score (nSPS) is 20.5. The minimum atomic E-state index is 0.305. The molecule has 0 bridgehead atoms. The van der Waals surface area contributed by atoms with Crippen LogP contribution in [0.4, 0.5) is 0 Å². The molecule has 0 spiro atoms. The van der Waals surface area contributed by atoms with Crippen LogP contribution in [0.15, 0.2) is 0 Å². The molecule has 72 valence electrons. The van der Waals surface area contributed by atoms with Crippen molar-refractivity contribution in [2.45, 2.75) is 30.4 Å². The molecule has 1 aliphatic rings. The molecule has 0 saturated heterocycles. The fourth-order valence-corrected chi connectivity index (χ4v) is 2.49. The Kier molecular flexibility index (Phi) is 4.40. The molecule has 0 aromatic rings. The zero-order chi connectivity index (χ0) is 8.86. The number of thioether (sulfide) groups is 1. The van der Waals surface area contributed by atoms with Crippen LogP contribution >= 0.6 is 11.8 Å². The Morgan fingerprint density at radius 2 is 2.25 bits per heavy atom. The topological polar surface area (TPSA) is 32.3 Å². The highest BCUT2D eigenvalue weighted by molar-refractivity contribution is 8.00. The second-order valence-electron chi connectivity index (χ2n) is 3.49. The van der Waals surface area contributed by atoms with E-state index in [0.717, 1.165) is 19.5 Å².